The van der Waals surface area contributed by atoms with E-state index in [4.69, 9.17) is 4.74 Å². The molecule has 31 heavy (non-hydrogen) atoms. The van der Waals surface area contributed by atoms with Gasteiger partial charge in [0, 0.05) is 12.1 Å². The number of nitro groups is 1. The highest BCUT2D eigenvalue weighted by Gasteiger charge is 2.33. The molecular weight excluding hydrogens is 394 g/mol. The molecule has 1 heterocycles. The minimum absolute atomic E-state index is 0.0144. The molecule has 0 saturated heterocycles. The van der Waals surface area contributed by atoms with Crippen molar-refractivity contribution in [2.45, 2.75) is 6.92 Å². The number of para-hydroxylation sites is 1. The minimum atomic E-state index is -0.463. The number of non-ortho nitro benzene ring substituents is 1. The SMILES string of the molecule is COc1ccccc1C1=N/C(=C/c2ccc([N+](=O)[O-])cc2)C(=O)N1c1cccc(C)c1. The molecule has 4 rings (SSSR count). The second-order valence-corrected chi connectivity index (χ2v) is 6.99. The molecule has 0 saturated carbocycles. The second-order valence-electron chi connectivity index (χ2n) is 6.99. The first-order valence-corrected chi connectivity index (χ1v) is 9.57. The number of ether oxygens (including phenoxy) is 1. The van der Waals surface area contributed by atoms with Crippen LogP contribution in [0.15, 0.2) is 83.5 Å². The van der Waals surface area contributed by atoms with E-state index in [1.165, 1.54) is 12.1 Å². The van der Waals surface area contributed by atoms with Crippen molar-refractivity contribution in [1.82, 2.24) is 0 Å². The van der Waals surface area contributed by atoms with Gasteiger partial charge in [0.05, 0.1) is 23.3 Å². The summed E-state index contributed by atoms with van der Waals surface area (Å²) in [5.74, 6) is 0.773. The molecule has 0 aromatic heterocycles. The summed E-state index contributed by atoms with van der Waals surface area (Å²) in [5.41, 5.74) is 3.25. The molecule has 3 aromatic carbocycles. The van der Waals surface area contributed by atoms with Gasteiger partial charge in [0.15, 0.2) is 5.84 Å². The normalized spacial score (nSPS) is 14.6. The van der Waals surface area contributed by atoms with Gasteiger partial charge in [0.2, 0.25) is 0 Å². The summed E-state index contributed by atoms with van der Waals surface area (Å²) < 4.78 is 5.49. The minimum Gasteiger partial charge on any atom is -0.496 e. The lowest BCUT2D eigenvalue weighted by atomic mass is 10.1. The Bertz CT molecular complexity index is 1230. The van der Waals surface area contributed by atoms with Crippen molar-refractivity contribution in [3.05, 3.63) is 105 Å². The molecule has 3 aromatic rings. The Labute approximate surface area is 179 Å². The Hall–Kier alpha value is -4.26. The molecule has 0 spiro atoms. The van der Waals surface area contributed by atoms with E-state index in [1.807, 2.05) is 55.5 Å². The first kappa shape index (κ1) is 20.0. The predicted molar refractivity (Wildman–Crippen MR) is 119 cm³/mol. The topological polar surface area (TPSA) is 85.0 Å². The highest BCUT2D eigenvalue weighted by molar-refractivity contribution is 6.33. The summed E-state index contributed by atoms with van der Waals surface area (Å²) >= 11 is 0. The van der Waals surface area contributed by atoms with Crippen LogP contribution in [-0.4, -0.2) is 23.8 Å². The number of hydrogen-bond donors (Lipinski definition) is 0. The number of nitrogens with zero attached hydrogens (tertiary/aromatic N) is 3. The maximum absolute atomic E-state index is 13.4. The van der Waals surface area contributed by atoms with Gasteiger partial charge < -0.3 is 4.74 Å². The summed E-state index contributed by atoms with van der Waals surface area (Å²) in [6, 6.07) is 21.0. The molecule has 0 radical (unpaired) electrons. The summed E-state index contributed by atoms with van der Waals surface area (Å²) in [7, 11) is 1.57. The zero-order chi connectivity index (χ0) is 22.0. The zero-order valence-electron chi connectivity index (χ0n) is 17.0. The van der Waals surface area contributed by atoms with Crippen LogP contribution in [0.5, 0.6) is 5.75 Å². The summed E-state index contributed by atoms with van der Waals surface area (Å²) in [4.78, 5) is 30.0. The lowest BCUT2D eigenvalue weighted by molar-refractivity contribution is -0.384. The molecular formula is C24H19N3O4. The highest BCUT2D eigenvalue weighted by Crippen LogP contribution is 2.31. The third-order valence-corrected chi connectivity index (χ3v) is 4.88. The van der Waals surface area contributed by atoms with Crippen LogP contribution in [-0.2, 0) is 4.79 Å². The quantitative estimate of drug-likeness (QED) is 0.343. The number of amidine groups is 1. The Balaban J connectivity index is 1.83. The van der Waals surface area contributed by atoms with Crippen LogP contribution < -0.4 is 9.64 Å². The predicted octanol–water partition coefficient (Wildman–Crippen LogP) is 4.75. The number of carbonyl (C=O) groups is 1. The molecule has 0 atom stereocenters. The fraction of sp³-hybridized carbons (Fsp3) is 0.0833. The molecule has 154 valence electrons. The number of anilines is 1. The largest absolute Gasteiger partial charge is 0.496 e. The standard InChI is InChI=1S/C24H19N3O4/c1-16-6-5-7-19(14-16)26-23(20-8-3-4-9-22(20)31-2)25-21(24(26)28)15-17-10-12-18(13-11-17)27(29)30/h3-15H,1-2H3/b21-15+. The van der Waals surface area contributed by atoms with E-state index in [0.29, 0.717) is 28.4 Å². The van der Waals surface area contributed by atoms with Crippen molar-refractivity contribution in [1.29, 1.82) is 0 Å². The fourth-order valence-corrected chi connectivity index (χ4v) is 3.38. The number of methoxy groups -OCH3 is 1. The van der Waals surface area contributed by atoms with Crippen molar-refractivity contribution in [3.8, 4) is 5.75 Å². The fourth-order valence-electron chi connectivity index (χ4n) is 3.38. The van der Waals surface area contributed by atoms with Crippen LogP contribution in [0.3, 0.4) is 0 Å². The first-order chi connectivity index (χ1) is 15.0. The average Bonchev–Trinajstić information content (AvgIpc) is 3.09. The maximum atomic E-state index is 13.4. The van der Waals surface area contributed by atoms with Gasteiger partial charge in [-0.1, -0.05) is 24.3 Å². The van der Waals surface area contributed by atoms with E-state index >= 15 is 0 Å². The number of carbonyl (C=O) groups excluding carboxylic acids is 1. The average molecular weight is 413 g/mol. The van der Waals surface area contributed by atoms with E-state index in [0.717, 1.165) is 5.56 Å². The molecule has 0 unspecified atom stereocenters. The third-order valence-electron chi connectivity index (χ3n) is 4.88. The van der Waals surface area contributed by atoms with Crippen LogP contribution >= 0.6 is 0 Å². The number of hydrogen-bond acceptors (Lipinski definition) is 5. The number of aryl methyl sites for hydroxylation is 1. The summed E-state index contributed by atoms with van der Waals surface area (Å²) in [5, 5.41) is 10.9. The third kappa shape index (κ3) is 3.93. The van der Waals surface area contributed by atoms with Crippen LogP contribution in [0.25, 0.3) is 6.08 Å². The van der Waals surface area contributed by atoms with Crippen LogP contribution in [0.1, 0.15) is 16.7 Å². The molecule has 7 nitrogen and oxygen atoms in total. The molecule has 0 aliphatic carbocycles. The Morgan fingerprint density at radius 2 is 1.77 bits per heavy atom. The Morgan fingerprint density at radius 3 is 2.45 bits per heavy atom. The number of nitro benzene ring substituents is 1. The molecule has 0 bridgehead atoms. The van der Waals surface area contributed by atoms with Gasteiger partial charge in [-0.15, -0.1) is 0 Å². The smallest absolute Gasteiger partial charge is 0.282 e. The lowest BCUT2D eigenvalue weighted by Gasteiger charge is -2.20. The number of amides is 1. The lowest BCUT2D eigenvalue weighted by Crippen LogP contribution is -2.32. The molecule has 1 aliphatic heterocycles. The first-order valence-electron chi connectivity index (χ1n) is 9.57. The molecule has 7 heteroatoms. The molecule has 1 amide bonds. The Kier molecular flexibility index (Phi) is 5.32. The van der Waals surface area contributed by atoms with E-state index in [9.17, 15) is 14.9 Å². The second kappa shape index (κ2) is 8.23. The highest BCUT2D eigenvalue weighted by atomic mass is 16.6. The molecule has 0 N–H and O–H groups in total. The van der Waals surface area contributed by atoms with Crippen molar-refractivity contribution in [2.24, 2.45) is 4.99 Å². The van der Waals surface area contributed by atoms with Crippen molar-refractivity contribution < 1.29 is 14.5 Å². The maximum Gasteiger partial charge on any atom is 0.282 e. The molecule has 0 fully saturated rings. The van der Waals surface area contributed by atoms with Gasteiger partial charge in [-0.3, -0.25) is 19.8 Å². The van der Waals surface area contributed by atoms with Gasteiger partial charge in [0.1, 0.15) is 11.4 Å². The van der Waals surface area contributed by atoms with E-state index in [1.54, 1.807) is 30.2 Å². The summed E-state index contributed by atoms with van der Waals surface area (Å²) in [6.45, 7) is 1.96. The molecule has 1 aliphatic rings. The number of rotatable bonds is 5. The van der Waals surface area contributed by atoms with Crippen LogP contribution in [0, 0.1) is 17.0 Å². The van der Waals surface area contributed by atoms with Crippen molar-refractivity contribution >= 4 is 29.2 Å². The number of benzene rings is 3. The Morgan fingerprint density at radius 1 is 1.03 bits per heavy atom. The van der Waals surface area contributed by atoms with Crippen molar-refractivity contribution in [2.75, 3.05) is 12.0 Å². The van der Waals surface area contributed by atoms with Crippen LogP contribution in [0.4, 0.5) is 11.4 Å². The van der Waals surface area contributed by atoms with Crippen LogP contribution in [0.2, 0.25) is 0 Å². The van der Waals surface area contributed by atoms with E-state index < -0.39 is 4.92 Å². The monoisotopic (exact) mass is 413 g/mol. The summed E-state index contributed by atoms with van der Waals surface area (Å²) in [6.07, 6.45) is 1.62. The zero-order valence-corrected chi connectivity index (χ0v) is 17.0. The van der Waals surface area contributed by atoms with E-state index in [-0.39, 0.29) is 17.3 Å². The van der Waals surface area contributed by atoms with Crippen molar-refractivity contribution in [3.63, 3.8) is 0 Å². The van der Waals surface area contributed by atoms with Gasteiger partial charge in [-0.25, -0.2) is 4.99 Å². The van der Waals surface area contributed by atoms with Gasteiger partial charge >= 0.3 is 0 Å². The number of aliphatic imine (C=N–C) groups is 1. The van der Waals surface area contributed by atoms with Gasteiger partial charge in [-0.2, -0.15) is 0 Å². The van der Waals surface area contributed by atoms with E-state index in [2.05, 4.69) is 4.99 Å². The van der Waals surface area contributed by atoms with Gasteiger partial charge in [0.25, 0.3) is 11.6 Å². The van der Waals surface area contributed by atoms with Gasteiger partial charge in [-0.05, 0) is 60.5 Å².